The molecule has 0 bridgehead atoms. The first-order valence-electron chi connectivity index (χ1n) is 5.97. The molecule has 0 radical (unpaired) electrons. The van der Waals surface area contributed by atoms with E-state index in [1.807, 2.05) is 0 Å². The van der Waals surface area contributed by atoms with Gasteiger partial charge in [-0.1, -0.05) is 6.92 Å². The monoisotopic (exact) mass is 281 g/mol. The Morgan fingerprint density at radius 3 is 3.11 bits per heavy atom. The summed E-state index contributed by atoms with van der Waals surface area (Å²) < 4.78 is 4.95. The van der Waals surface area contributed by atoms with Crippen LogP contribution in [0.3, 0.4) is 0 Å². The number of hydrogen-bond donors (Lipinski definition) is 2. The van der Waals surface area contributed by atoms with Crippen molar-refractivity contribution in [2.45, 2.75) is 13.3 Å². The summed E-state index contributed by atoms with van der Waals surface area (Å²) in [4.78, 5) is 20.9. The van der Waals surface area contributed by atoms with Gasteiger partial charge in [-0.2, -0.15) is 0 Å². The number of carboxylic acids is 1. The van der Waals surface area contributed by atoms with Crippen molar-refractivity contribution in [2.24, 2.45) is 0 Å². The summed E-state index contributed by atoms with van der Waals surface area (Å²) in [5.74, 6) is -0.199. The molecule has 102 valence electrons. The summed E-state index contributed by atoms with van der Waals surface area (Å²) in [6.45, 7) is 2.66. The molecule has 0 aromatic carbocycles. The van der Waals surface area contributed by atoms with E-state index < -0.39 is 5.97 Å². The maximum atomic E-state index is 10.3. The zero-order chi connectivity index (χ0) is 13.7. The fraction of sp³-hybridized carbons (Fsp3) is 0.417. The van der Waals surface area contributed by atoms with Gasteiger partial charge in [-0.05, 0) is 12.5 Å². The number of aliphatic carboxylic acids is 1. The molecule has 0 aliphatic heterocycles. The Kier molecular flexibility index (Phi) is 4.64. The average molecular weight is 281 g/mol. The zero-order valence-corrected chi connectivity index (χ0v) is 11.4. The highest BCUT2D eigenvalue weighted by Crippen LogP contribution is 2.28. The van der Waals surface area contributed by atoms with Crippen LogP contribution in [0, 0.1) is 0 Å². The SMILES string of the molecule is CCc1cc2c(NCCOCC(=O)O)ncnc2s1. The number of hydrogen-bond acceptors (Lipinski definition) is 6. The molecule has 19 heavy (non-hydrogen) atoms. The predicted octanol–water partition coefficient (Wildman–Crippen LogP) is 1.77. The number of nitrogens with zero attached hydrogens (tertiary/aromatic N) is 2. The van der Waals surface area contributed by atoms with E-state index in [0.29, 0.717) is 13.2 Å². The molecule has 0 atom stereocenters. The lowest BCUT2D eigenvalue weighted by atomic mass is 10.3. The Bertz CT molecular complexity index is 570. The number of aromatic nitrogens is 2. The molecule has 2 rings (SSSR count). The van der Waals surface area contributed by atoms with E-state index in [1.165, 1.54) is 11.2 Å². The van der Waals surface area contributed by atoms with Gasteiger partial charge in [-0.25, -0.2) is 14.8 Å². The van der Waals surface area contributed by atoms with Gasteiger partial charge in [-0.3, -0.25) is 0 Å². The highest BCUT2D eigenvalue weighted by atomic mass is 32.1. The smallest absolute Gasteiger partial charge is 0.329 e. The number of aryl methyl sites for hydroxylation is 1. The molecular weight excluding hydrogens is 266 g/mol. The first-order valence-corrected chi connectivity index (χ1v) is 6.79. The summed E-state index contributed by atoms with van der Waals surface area (Å²) in [7, 11) is 0. The van der Waals surface area contributed by atoms with Crippen molar-refractivity contribution in [3.05, 3.63) is 17.3 Å². The Morgan fingerprint density at radius 1 is 1.53 bits per heavy atom. The molecule has 0 aliphatic rings. The van der Waals surface area contributed by atoms with Crippen LogP contribution in [0.2, 0.25) is 0 Å². The lowest BCUT2D eigenvalue weighted by Gasteiger charge is -2.05. The van der Waals surface area contributed by atoms with Crippen molar-refractivity contribution in [3.8, 4) is 0 Å². The Balaban J connectivity index is 1.96. The molecule has 7 heteroatoms. The van der Waals surface area contributed by atoms with Gasteiger partial charge < -0.3 is 15.2 Å². The number of nitrogens with one attached hydrogen (secondary N) is 1. The summed E-state index contributed by atoms with van der Waals surface area (Å²) in [5, 5.41) is 12.6. The third kappa shape index (κ3) is 3.62. The molecule has 0 saturated carbocycles. The second kappa shape index (κ2) is 6.44. The highest BCUT2D eigenvalue weighted by molar-refractivity contribution is 7.18. The van der Waals surface area contributed by atoms with Crippen LogP contribution < -0.4 is 5.32 Å². The predicted molar refractivity (Wildman–Crippen MR) is 73.7 cm³/mol. The maximum Gasteiger partial charge on any atom is 0.329 e. The summed E-state index contributed by atoms with van der Waals surface area (Å²) in [6.07, 6.45) is 2.50. The molecule has 0 spiro atoms. The summed E-state index contributed by atoms with van der Waals surface area (Å²) in [5.41, 5.74) is 0. The molecule has 0 fully saturated rings. The van der Waals surface area contributed by atoms with Crippen LogP contribution >= 0.6 is 11.3 Å². The Hall–Kier alpha value is -1.73. The van der Waals surface area contributed by atoms with E-state index in [-0.39, 0.29) is 6.61 Å². The lowest BCUT2D eigenvalue weighted by molar-refractivity contribution is -0.142. The number of carboxylic acid groups (broad SMARTS) is 1. The van der Waals surface area contributed by atoms with Gasteiger partial charge in [0.15, 0.2) is 0 Å². The van der Waals surface area contributed by atoms with Gasteiger partial charge in [0, 0.05) is 11.4 Å². The lowest BCUT2D eigenvalue weighted by Crippen LogP contribution is -2.14. The zero-order valence-electron chi connectivity index (χ0n) is 10.5. The third-order valence-corrected chi connectivity index (χ3v) is 3.68. The largest absolute Gasteiger partial charge is 0.480 e. The van der Waals surface area contributed by atoms with Crippen LogP contribution in [0.5, 0.6) is 0 Å². The number of thiophene rings is 1. The van der Waals surface area contributed by atoms with Gasteiger partial charge in [0.1, 0.15) is 23.6 Å². The first kappa shape index (κ1) is 13.7. The number of ether oxygens (including phenoxy) is 1. The quantitative estimate of drug-likeness (QED) is 0.752. The molecule has 0 aliphatic carbocycles. The van der Waals surface area contributed by atoms with Gasteiger partial charge in [-0.15, -0.1) is 11.3 Å². The number of carbonyl (C=O) groups is 1. The van der Waals surface area contributed by atoms with Crippen LogP contribution in [0.1, 0.15) is 11.8 Å². The molecule has 2 N–H and O–H groups in total. The van der Waals surface area contributed by atoms with E-state index in [1.54, 1.807) is 11.3 Å². The van der Waals surface area contributed by atoms with E-state index in [2.05, 4.69) is 28.3 Å². The number of anilines is 1. The van der Waals surface area contributed by atoms with E-state index >= 15 is 0 Å². The summed E-state index contributed by atoms with van der Waals surface area (Å²) in [6, 6.07) is 2.08. The molecule has 0 unspecified atom stereocenters. The van der Waals surface area contributed by atoms with Crippen LogP contribution in [-0.4, -0.2) is 40.8 Å². The second-order valence-corrected chi connectivity index (χ2v) is 5.00. The fourth-order valence-electron chi connectivity index (χ4n) is 1.62. The number of rotatable bonds is 7. The Morgan fingerprint density at radius 2 is 2.37 bits per heavy atom. The minimum Gasteiger partial charge on any atom is -0.480 e. The number of fused-ring (bicyclic) bond motifs is 1. The van der Waals surface area contributed by atoms with Crippen molar-refractivity contribution in [1.82, 2.24) is 9.97 Å². The standard InChI is InChI=1S/C12H15N3O3S/c1-2-8-5-9-11(14-7-15-12(9)19-8)13-3-4-18-6-10(16)17/h5,7H,2-4,6H2,1H3,(H,16,17)(H,13,14,15). The second-order valence-electron chi connectivity index (χ2n) is 3.88. The maximum absolute atomic E-state index is 10.3. The van der Waals surface area contributed by atoms with Crippen molar-refractivity contribution in [3.63, 3.8) is 0 Å². The fourth-order valence-corrected chi connectivity index (χ4v) is 2.56. The molecule has 2 heterocycles. The summed E-state index contributed by atoms with van der Waals surface area (Å²) >= 11 is 1.66. The van der Waals surface area contributed by atoms with E-state index in [9.17, 15) is 4.79 Å². The average Bonchev–Trinajstić information content (AvgIpc) is 2.81. The molecule has 2 aromatic rings. The van der Waals surface area contributed by atoms with Gasteiger partial charge >= 0.3 is 5.97 Å². The van der Waals surface area contributed by atoms with Crippen LogP contribution in [0.25, 0.3) is 10.2 Å². The highest BCUT2D eigenvalue weighted by Gasteiger charge is 2.07. The normalized spacial score (nSPS) is 10.8. The van der Waals surface area contributed by atoms with E-state index in [0.717, 1.165) is 22.5 Å². The molecular formula is C12H15N3O3S. The van der Waals surface area contributed by atoms with Gasteiger partial charge in [0.05, 0.1) is 12.0 Å². The van der Waals surface area contributed by atoms with Crippen LogP contribution in [-0.2, 0) is 16.0 Å². The van der Waals surface area contributed by atoms with Gasteiger partial charge in [0.2, 0.25) is 0 Å². The molecule has 0 saturated heterocycles. The van der Waals surface area contributed by atoms with Crippen molar-refractivity contribution in [2.75, 3.05) is 25.1 Å². The van der Waals surface area contributed by atoms with Crippen molar-refractivity contribution < 1.29 is 14.6 Å². The van der Waals surface area contributed by atoms with Gasteiger partial charge in [0.25, 0.3) is 0 Å². The first-order chi connectivity index (χ1) is 9.20. The molecule has 0 amide bonds. The minimum absolute atomic E-state index is 0.278. The Labute approximate surface area is 114 Å². The minimum atomic E-state index is -0.963. The van der Waals surface area contributed by atoms with Crippen molar-refractivity contribution in [1.29, 1.82) is 0 Å². The molecule has 2 aromatic heterocycles. The topological polar surface area (TPSA) is 84.3 Å². The van der Waals surface area contributed by atoms with Crippen LogP contribution in [0.15, 0.2) is 12.4 Å². The van der Waals surface area contributed by atoms with Crippen LogP contribution in [0.4, 0.5) is 5.82 Å². The molecule has 6 nitrogen and oxygen atoms in total. The third-order valence-electron chi connectivity index (χ3n) is 2.49. The van der Waals surface area contributed by atoms with E-state index in [4.69, 9.17) is 9.84 Å². The van der Waals surface area contributed by atoms with Crippen molar-refractivity contribution >= 4 is 33.3 Å².